The first-order chi connectivity index (χ1) is 9.63. The molecule has 2 aromatic rings. The van der Waals surface area contributed by atoms with Gasteiger partial charge in [0.1, 0.15) is 0 Å². The van der Waals surface area contributed by atoms with Gasteiger partial charge < -0.3 is 0 Å². The number of rotatable bonds is 5. The Balaban J connectivity index is 1.67. The summed E-state index contributed by atoms with van der Waals surface area (Å²) in [5.74, 6) is 1.45. The van der Waals surface area contributed by atoms with Gasteiger partial charge in [-0.1, -0.05) is 29.3 Å². The second-order valence-corrected chi connectivity index (χ2v) is 7.02. The molecule has 1 unspecified atom stereocenters. The molecule has 3 rings (SSSR count). The van der Waals surface area contributed by atoms with E-state index in [1.54, 1.807) is 16.8 Å². The van der Waals surface area contributed by atoms with Crippen molar-refractivity contribution in [1.82, 2.24) is 20.2 Å². The van der Waals surface area contributed by atoms with E-state index in [-0.39, 0.29) is 0 Å². The molecule has 0 bridgehead atoms. The minimum Gasteiger partial charge on any atom is -0.259 e. The molecule has 1 aliphatic carbocycles. The molecule has 1 aliphatic rings. The molecule has 0 saturated heterocycles. The van der Waals surface area contributed by atoms with Gasteiger partial charge in [-0.05, 0) is 41.0 Å². The number of tetrazole rings is 1. The summed E-state index contributed by atoms with van der Waals surface area (Å²) in [6, 6.07) is 5.67. The van der Waals surface area contributed by atoms with Crippen LogP contribution < -0.4 is 0 Å². The molecular formula is C12H12Cl2N4OS. The van der Waals surface area contributed by atoms with Crippen LogP contribution >= 0.6 is 23.2 Å². The Labute approximate surface area is 128 Å². The topological polar surface area (TPSA) is 60.7 Å². The van der Waals surface area contributed by atoms with Crippen molar-refractivity contribution in [1.29, 1.82) is 0 Å². The van der Waals surface area contributed by atoms with E-state index >= 15 is 0 Å². The van der Waals surface area contributed by atoms with Gasteiger partial charge in [0.25, 0.3) is 0 Å². The van der Waals surface area contributed by atoms with E-state index in [1.165, 1.54) is 0 Å². The second kappa shape index (κ2) is 5.79. The predicted octanol–water partition coefficient (Wildman–Crippen LogP) is 2.76. The van der Waals surface area contributed by atoms with Crippen LogP contribution in [0.5, 0.6) is 0 Å². The fraction of sp³-hybridized carbons (Fsp3) is 0.417. The highest BCUT2D eigenvalue weighted by molar-refractivity contribution is 7.83. The van der Waals surface area contributed by atoms with E-state index < -0.39 is 10.8 Å². The smallest absolute Gasteiger partial charge is 0.164 e. The van der Waals surface area contributed by atoms with Crippen molar-refractivity contribution in [3.8, 4) is 0 Å². The van der Waals surface area contributed by atoms with Gasteiger partial charge in [-0.2, -0.15) is 0 Å². The molecule has 1 heterocycles. The van der Waals surface area contributed by atoms with Gasteiger partial charge in [0.15, 0.2) is 5.82 Å². The van der Waals surface area contributed by atoms with Gasteiger partial charge in [0.05, 0.1) is 21.8 Å². The zero-order chi connectivity index (χ0) is 14.1. The molecule has 0 radical (unpaired) electrons. The fourth-order valence-corrected chi connectivity index (χ4v) is 3.37. The normalized spacial score (nSPS) is 16.3. The molecule has 1 atom stereocenters. The molecule has 106 valence electrons. The van der Waals surface area contributed by atoms with Crippen LogP contribution in [-0.2, 0) is 22.3 Å². The minimum absolute atomic E-state index is 0.351. The molecule has 0 spiro atoms. The third-order valence-corrected chi connectivity index (χ3v) is 5.03. The van der Waals surface area contributed by atoms with E-state index in [9.17, 15) is 4.21 Å². The molecule has 1 saturated carbocycles. The fourth-order valence-electron chi connectivity index (χ4n) is 1.92. The number of hydrogen-bond donors (Lipinski definition) is 0. The molecular weight excluding hydrogens is 319 g/mol. The highest BCUT2D eigenvalue weighted by atomic mass is 35.5. The summed E-state index contributed by atoms with van der Waals surface area (Å²) >= 11 is 11.8. The van der Waals surface area contributed by atoms with E-state index in [0.29, 0.717) is 33.4 Å². The van der Waals surface area contributed by atoms with Gasteiger partial charge >= 0.3 is 0 Å². The number of benzene rings is 1. The first-order valence-corrected chi connectivity index (χ1v) is 8.43. The summed E-state index contributed by atoms with van der Waals surface area (Å²) in [4.78, 5) is 0. The van der Waals surface area contributed by atoms with Crippen molar-refractivity contribution in [3.05, 3.63) is 39.6 Å². The van der Waals surface area contributed by atoms with Gasteiger partial charge in [-0.25, -0.2) is 4.68 Å². The van der Waals surface area contributed by atoms with Crippen LogP contribution in [0.4, 0.5) is 0 Å². The molecule has 8 heteroatoms. The summed E-state index contributed by atoms with van der Waals surface area (Å²) in [5.41, 5.74) is 0.892. The molecule has 0 amide bonds. The summed E-state index contributed by atoms with van der Waals surface area (Å²) in [5, 5.41) is 12.5. The van der Waals surface area contributed by atoms with Crippen LogP contribution in [-0.4, -0.2) is 24.4 Å². The standard InChI is InChI=1S/C12H12Cl2N4OS/c13-10-4-1-8(5-11(10)14)6-20(19)7-12-15-16-17-18(12)9-2-3-9/h1,4-5,9H,2-3,6-7H2. The van der Waals surface area contributed by atoms with Crippen LogP contribution in [0.3, 0.4) is 0 Å². The van der Waals surface area contributed by atoms with Crippen molar-refractivity contribution >= 4 is 34.0 Å². The lowest BCUT2D eigenvalue weighted by atomic mass is 10.2. The first kappa shape index (κ1) is 14.0. The lowest BCUT2D eigenvalue weighted by Gasteiger charge is -2.04. The Morgan fingerprint density at radius 1 is 1.25 bits per heavy atom. The summed E-state index contributed by atoms with van der Waals surface area (Å²) in [7, 11) is -1.08. The average Bonchev–Trinajstić information content (AvgIpc) is 3.15. The second-order valence-electron chi connectivity index (χ2n) is 4.75. The third-order valence-electron chi connectivity index (χ3n) is 3.06. The Hall–Kier alpha value is -0.980. The Bertz CT molecular complexity index is 657. The van der Waals surface area contributed by atoms with Crippen molar-refractivity contribution in [2.24, 2.45) is 0 Å². The van der Waals surface area contributed by atoms with E-state index in [2.05, 4.69) is 15.5 Å². The summed E-state index contributed by atoms with van der Waals surface area (Å²) in [6.07, 6.45) is 2.19. The Morgan fingerprint density at radius 2 is 2.05 bits per heavy atom. The summed E-state index contributed by atoms with van der Waals surface area (Å²) < 4.78 is 14.0. The summed E-state index contributed by atoms with van der Waals surface area (Å²) in [6.45, 7) is 0. The molecule has 5 nitrogen and oxygen atoms in total. The Morgan fingerprint density at radius 3 is 2.75 bits per heavy atom. The molecule has 1 aromatic carbocycles. The third kappa shape index (κ3) is 3.19. The molecule has 1 aromatic heterocycles. The van der Waals surface area contributed by atoms with Crippen molar-refractivity contribution in [2.75, 3.05) is 0 Å². The van der Waals surface area contributed by atoms with Gasteiger partial charge in [0.2, 0.25) is 0 Å². The van der Waals surface area contributed by atoms with E-state index in [1.807, 2.05) is 6.07 Å². The number of halogens is 2. The predicted molar refractivity (Wildman–Crippen MR) is 78.1 cm³/mol. The van der Waals surface area contributed by atoms with Crippen LogP contribution in [0.1, 0.15) is 30.3 Å². The number of nitrogens with zero attached hydrogens (tertiary/aromatic N) is 4. The van der Waals surface area contributed by atoms with E-state index in [4.69, 9.17) is 23.2 Å². The van der Waals surface area contributed by atoms with Crippen molar-refractivity contribution in [2.45, 2.75) is 30.4 Å². The quantitative estimate of drug-likeness (QED) is 0.845. The van der Waals surface area contributed by atoms with Crippen molar-refractivity contribution < 1.29 is 4.21 Å². The lowest BCUT2D eigenvalue weighted by molar-refractivity contribution is 0.591. The minimum atomic E-state index is -1.08. The molecule has 0 N–H and O–H groups in total. The number of hydrogen-bond acceptors (Lipinski definition) is 4. The van der Waals surface area contributed by atoms with Crippen LogP contribution in [0.25, 0.3) is 0 Å². The monoisotopic (exact) mass is 330 g/mol. The zero-order valence-electron chi connectivity index (χ0n) is 10.5. The van der Waals surface area contributed by atoms with Crippen LogP contribution in [0.15, 0.2) is 18.2 Å². The highest BCUT2D eigenvalue weighted by Gasteiger charge is 2.28. The van der Waals surface area contributed by atoms with Gasteiger partial charge in [-0.15, -0.1) is 5.10 Å². The maximum absolute atomic E-state index is 12.2. The average molecular weight is 331 g/mol. The van der Waals surface area contributed by atoms with Crippen LogP contribution in [0, 0.1) is 0 Å². The highest BCUT2D eigenvalue weighted by Crippen LogP contribution is 2.34. The zero-order valence-corrected chi connectivity index (χ0v) is 12.8. The molecule has 1 fully saturated rings. The maximum atomic E-state index is 12.2. The van der Waals surface area contributed by atoms with Gasteiger partial charge in [-0.3, -0.25) is 4.21 Å². The largest absolute Gasteiger partial charge is 0.259 e. The lowest BCUT2D eigenvalue weighted by Crippen LogP contribution is -2.08. The van der Waals surface area contributed by atoms with Crippen molar-refractivity contribution in [3.63, 3.8) is 0 Å². The van der Waals surface area contributed by atoms with E-state index in [0.717, 1.165) is 18.4 Å². The Kier molecular flexibility index (Phi) is 4.05. The van der Waals surface area contributed by atoms with Crippen LogP contribution in [0.2, 0.25) is 10.0 Å². The van der Waals surface area contributed by atoms with Gasteiger partial charge in [0, 0.05) is 16.6 Å². The molecule has 20 heavy (non-hydrogen) atoms. The SMILES string of the molecule is O=S(Cc1ccc(Cl)c(Cl)c1)Cc1nnnn1C1CC1. The number of aromatic nitrogens is 4. The maximum Gasteiger partial charge on any atom is 0.164 e. The first-order valence-electron chi connectivity index (χ1n) is 6.19. The molecule has 0 aliphatic heterocycles.